The van der Waals surface area contributed by atoms with E-state index in [1.165, 1.54) is 11.1 Å². The highest BCUT2D eigenvalue weighted by Gasteiger charge is 2.13. The molecule has 4 rings (SSSR count). The lowest BCUT2D eigenvalue weighted by Gasteiger charge is -2.02. The van der Waals surface area contributed by atoms with E-state index in [0.717, 1.165) is 27.8 Å². The van der Waals surface area contributed by atoms with Crippen LogP contribution in [0.1, 0.15) is 11.1 Å². The summed E-state index contributed by atoms with van der Waals surface area (Å²) < 4.78 is 5.57. The molecular weight excluding hydrogens is 278 g/mol. The van der Waals surface area contributed by atoms with Crippen molar-refractivity contribution in [2.24, 2.45) is 0 Å². The number of fused-ring (bicyclic) bond motifs is 1. The molecule has 6 heteroatoms. The minimum Gasteiger partial charge on any atom is -0.355 e. The van der Waals surface area contributed by atoms with Crippen LogP contribution in [0.3, 0.4) is 0 Å². The molecule has 1 N–H and O–H groups in total. The quantitative estimate of drug-likeness (QED) is 0.613. The first-order valence-electron chi connectivity index (χ1n) is 6.92. The molecule has 0 radical (unpaired) electrons. The Labute approximate surface area is 126 Å². The summed E-state index contributed by atoms with van der Waals surface area (Å²) in [5.74, 6) is 1.31. The lowest BCUT2D eigenvalue weighted by Crippen LogP contribution is -1.83. The Kier molecular flexibility index (Phi) is 2.75. The van der Waals surface area contributed by atoms with Gasteiger partial charge >= 0.3 is 0 Å². The molecule has 0 aliphatic carbocycles. The second-order valence-corrected chi connectivity index (χ2v) is 5.36. The zero-order valence-corrected chi connectivity index (χ0v) is 12.2. The Hall–Kier alpha value is -3.02. The number of H-pyrrole nitrogens is 1. The molecular formula is C16H13N5O. The first-order valence-corrected chi connectivity index (χ1v) is 6.92. The van der Waals surface area contributed by atoms with Crippen LogP contribution in [0.25, 0.3) is 33.6 Å². The van der Waals surface area contributed by atoms with E-state index in [-0.39, 0.29) is 0 Å². The van der Waals surface area contributed by atoms with Gasteiger partial charge in [0.25, 0.3) is 0 Å². The summed E-state index contributed by atoms with van der Waals surface area (Å²) in [5.41, 5.74) is 5.07. The number of aromatic nitrogens is 5. The van der Waals surface area contributed by atoms with Gasteiger partial charge in [0.2, 0.25) is 5.82 Å². The molecule has 2 aromatic heterocycles. The van der Waals surface area contributed by atoms with E-state index in [1.54, 1.807) is 0 Å². The molecule has 108 valence electrons. The van der Waals surface area contributed by atoms with Crippen molar-refractivity contribution >= 4 is 10.9 Å². The molecule has 0 aliphatic heterocycles. The molecule has 0 saturated carbocycles. The van der Waals surface area contributed by atoms with Crippen LogP contribution in [0.4, 0.5) is 0 Å². The molecule has 2 heterocycles. The lowest BCUT2D eigenvalue weighted by atomic mass is 10.0. The Morgan fingerprint density at radius 1 is 0.955 bits per heavy atom. The third-order valence-corrected chi connectivity index (χ3v) is 3.56. The van der Waals surface area contributed by atoms with Crippen molar-refractivity contribution in [2.75, 3.05) is 0 Å². The third kappa shape index (κ3) is 2.05. The second-order valence-electron chi connectivity index (χ2n) is 5.36. The van der Waals surface area contributed by atoms with Gasteiger partial charge in [0.05, 0.1) is 5.39 Å². The Morgan fingerprint density at radius 3 is 2.50 bits per heavy atom. The largest absolute Gasteiger partial charge is 0.355 e. The number of hydrogen-bond donors (Lipinski definition) is 1. The minimum atomic E-state index is 0.550. The highest BCUT2D eigenvalue weighted by Crippen LogP contribution is 2.32. The number of hydrogen-bond acceptors (Lipinski definition) is 5. The number of rotatable bonds is 2. The number of nitrogens with one attached hydrogen (secondary N) is 1. The molecule has 0 aliphatic rings. The summed E-state index contributed by atoms with van der Waals surface area (Å²) >= 11 is 0. The van der Waals surface area contributed by atoms with E-state index >= 15 is 0 Å². The smallest absolute Gasteiger partial charge is 0.204 e. The zero-order valence-electron chi connectivity index (χ0n) is 12.2. The molecule has 2 aromatic carbocycles. The molecule has 0 saturated heterocycles. The van der Waals surface area contributed by atoms with E-state index in [1.807, 2.05) is 18.2 Å². The van der Waals surface area contributed by atoms with E-state index in [4.69, 9.17) is 4.52 Å². The van der Waals surface area contributed by atoms with Crippen LogP contribution in [0, 0.1) is 13.8 Å². The molecule has 0 atom stereocenters. The van der Waals surface area contributed by atoms with Gasteiger partial charge in [-0.1, -0.05) is 22.3 Å². The third-order valence-electron chi connectivity index (χ3n) is 3.56. The van der Waals surface area contributed by atoms with Crippen LogP contribution in [-0.4, -0.2) is 25.8 Å². The fourth-order valence-electron chi connectivity index (χ4n) is 2.68. The minimum absolute atomic E-state index is 0.550. The molecule has 0 spiro atoms. The molecule has 6 nitrogen and oxygen atoms in total. The van der Waals surface area contributed by atoms with Crippen LogP contribution >= 0.6 is 0 Å². The highest BCUT2D eigenvalue weighted by atomic mass is 16.5. The first-order chi connectivity index (χ1) is 10.7. The van der Waals surface area contributed by atoms with Crippen LogP contribution in [0.2, 0.25) is 0 Å². The summed E-state index contributed by atoms with van der Waals surface area (Å²) in [4.78, 5) is 0. The van der Waals surface area contributed by atoms with Crippen molar-refractivity contribution in [1.29, 1.82) is 0 Å². The van der Waals surface area contributed by atoms with Crippen molar-refractivity contribution in [1.82, 2.24) is 25.8 Å². The maximum Gasteiger partial charge on any atom is 0.204 e. The predicted octanol–water partition coefficient (Wildman–Crippen LogP) is 3.29. The van der Waals surface area contributed by atoms with Crippen LogP contribution < -0.4 is 0 Å². The Morgan fingerprint density at radius 2 is 1.77 bits per heavy atom. The van der Waals surface area contributed by atoms with E-state index in [2.05, 4.69) is 57.8 Å². The molecule has 22 heavy (non-hydrogen) atoms. The molecule has 4 aromatic rings. The topological polar surface area (TPSA) is 80.5 Å². The van der Waals surface area contributed by atoms with Gasteiger partial charge < -0.3 is 4.52 Å². The van der Waals surface area contributed by atoms with Crippen molar-refractivity contribution in [3.8, 4) is 22.7 Å². The van der Waals surface area contributed by atoms with Gasteiger partial charge in [0, 0.05) is 11.1 Å². The Bertz CT molecular complexity index is 936. The number of nitrogens with zero attached hydrogens (tertiary/aromatic N) is 4. The molecule has 0 amide bonds. The number of tetrazole rings is 1. The summed E-state index contributed by atoms with van der Waals surface area (Å²) in [5, 5.41) is 19.2. The van der Waals surface area contributed by atoms with Crippen molar-refractivity contribution in [2.45, 2.75) is 13.8 Å². The lowest BCUT2D eigenvalue weighted by molar-refractivity contribution is 0.441. The van der Waals surface area contributed by atoms with Gasteiger partial charge in [0.15, 0.2) is 5.76 Å². The van der Waals surface area contributed by atoms with E-state index in [9.17, 15) is 0 Å². The highest BCUT2D eigenvalue weighted by molar-refractivity contribution is 5.94. The maximum absolute atomic E-state index is 5.57. The van der Waals surface area contributed by atoms with Gasteiger partial charge in [-0.2, -0.15) is 5.21 Å². The maximum atomic E-state index is 5.57. The monoisotopic (exact) mass is 291 g/mol. The standard InChI is InChI=1S/C16H13N5O/c1-9-5-10(2)7-12(6-9)15-13-8-11(16-17-20-21-18-16)3-4-14(13)19-22-15/h3-8H,1-2H3,(H,17,18,20,21). The Balaban J connectivity index is 1.93. The van der Waals surface area contributed by atoms with Gasteiger partial charge in [0.1, 0.15) is 5.52 Å². The van der Waals surface area contributed by atoms with Crippen molar-refractivity contribution in [3.63, 3.8) is 0 Å². The summed E-state index contributed by atoms with van der Waals surface area (Å²) in [7, 11) is 0. The summed E-state index contributed by atoms with van der Waals surface area (Å²) in [6.07, 6.45) is 0. The molecule has 0 bridgehead atoms. The van der Waals surface area contributed by atoms with Crippen LogP contribution in [0.5, 0.6) is 0 Å². The SMILES string of the molecule is Cc1cc(C)cc(-c2onc3ccc(-c4nn[nH]n4)cc23)c1. The molecule has 0 fully saturated rings. The van der Waals surface area contributed by atoms with E-state index in [0.29, 0.717) is 5.82 Å². The second kappa shape index (κ2) is 4.77. The van der Waals surface area contributed by atoms with Gasteiger partial charge in [-0.15, -0.1) is 10.2 Å². The number of benzene rings is 2. The van der Waals surface area contributed by atoms with Gasteiger partial charge in [-0.05, 0) is 49.4 Å². The van der Waals surface area contributed by atoms with Crippen molar-refractivity contribution in [3.05, 3.63) is 47.5 Å². The summed E-state index contributed by atoms with van der Waals surface area (Å²) in [6, 6.07) is 12.1. The predicted molar refractivity (Wildman–Crippen MR) is 82.1 cm³/mol. The van der Waals surface area contributed by atoms with E-state index < -0.39 is 0 Å². The first kappa shape index (κ1) is 12.7. The van der Waals surface area contributed by atoms with Gasteiger partial charge in [-0.3, -0.25) is 0 Å². The van der Waals surface area contributed by atoms with Gasteiger partial charge in [-0.25, -0.2) is 0 Å². The van der Waals surface area contributed by atoms with Crippen LogP contribution in [0.15, 0.2) is 40.9 Å². The molecule has 0 unspecified atom stereocenters. The number of aromatic amines is 1. The zero-order chi connectivity index (χ0) is 15.1. The average Bonchev–Trinajstić information content (AvgIpc) is 3.15. The fourth-order valence-corrected chi connectivity index (χ4v) is 2.68. The fraction of sp³-hybridized carbons (Fsp3) is 0.125. The number of aryl methyl sites for hydroxylation is 2. The normalized spacial score (nSPS) is 11.2. The van der Waals surface area contributed by atoms with Crippen molar-refractivity contribution < 1.29 is 4.52 Å². The average molecular weight is 291 g/mol. The summed E-state index contributed by atoms with van der Waals surface area (Å²) in [6.45, 7) is 4.14. The van der Waals surface area contributed by atoms with Crippen LogP contribution in [-0.2, 0) is 0 Å².